The monoisotopic (exact) mass is 517 g/mol. The maximum absolute atomic E-state index is 13.1. The summed E-state index contributed by atoms with van der Waals surface area (Å²) in [4.78, 5) is 29.6. The van der Waals surface area contributed by atoms with Gasteiger partial charge < -0.3 is 5.32 Å². The van der Waals surface area contributed by atoms with Crippen molar-refractivity contribution in [2.75, 3.05) is 13.1 Å². The molecule has 3 heterocycles. The minimum atomic E-state index is 0.0437. The van der Waals surface area contributed by atoms with E-state index in [1.54, 1.807) is 6.20 Å². The molecule has 0 radical (unpaired) electrons. The molecule has 1 N–H and O–H groups in total. The van der Waals surface area contributed by atoms with E-state index in [4.69, 9.17) is 4.98 Å². The van der Waals surface area contributed by atoms with Crippen LogP contribution in [-0.2, 0) is 13.0 Å². The number of pyridine rings is 1. The van der Waals surface area contributed by atoms with Crippen LogP contribution in [0.25, 0.3) is 22.3 Å². The number of amides is 1. The average molecular weight is 518 g/mol. The van der Waals surface area contributed by atoms with Crippen molar-refractivity contribution >= 4 is 16.8 Å². The van der Waals surface area contributed by atoms with Crippen LogP contribution in [-0.4, -0.2) is 44.9 Å². The molecule has 2 aromatic carbocycles. The van der Waals surface area contributed by atoms with Gasteiger partial charge >= 0.3 is 0 Å². The summed E-state index contributed by atoms with van der Waals surface area (Å²) in [7, 11) is 0. The van der Waals surface area contributed by atoms with Crippen LogP contribution in [0.1, 0.15) is 60.1 Å². The van der Waals surface area contributed by atoms with Crippen molar-refractivity contribution in [3.63, 3.8) is 0 Å². The molecule has 2 saturated carbocycles. The third-order valence-electron chi connectivity index (χ3n) is 9.40. The van der Waals surface area contributed by atoms with E-state index in [-0.39, 0.29) is 5.91 Å². The van der Waals surface area contributed by atoms with E-state index in [0.29, 0.717) is 11.5 Å². The lowest BCUT2D eigenvalue weighted by atomic mass is 9.78. The van der Waals surface area contributed by atoms with Crippen molar-refractivity contribution < 1.29 is 4.79 Å². The molecule has 6 heteroatoms. The molecule has 3 aliphatic rings. The van der Waals surface area contributed by atoms with Crippen molar-refractivity contribution in [2.24, 2.45) is 11.3 Å². The molecular formula is C33H35N5O. The van der Waals surface area contributed by atoms with E-state index in [2.05, 4.69) is 32.3 Å². The molecule has 2 aromatic heterocycles. The Bertz CT molecular complexity index is 1490. The summed E-state index contributed by atoms with van der Waals surface area (Å²) in [5.41, 5.74) is 5.50. The molecule has 7 rings (SSSR count). The SMILES string of the molecule is O=C(NC1CC12CCC(CCN1CCc3cnc(-c4ccccc4)nc3C1)CC2)c1cccc2ncccc12. The molecule has 1 aliphatic heterocycles. The van der Waals surface area contributed by atoms with Crippen molar-refractivity contribution in [2.45, 2.75) is 57.5 Å². The zero-order valence-corrected chi connectivity index (χ0v) is 22.4. The van der Waals surface area contributed by atoms with E-state index in [0.717, 1.165) is 66.2 Å². The van der Waals surface area contributed by atoms with Gasteiger partial charge in [0.25, 0.3) is 5.91 Å². The standard InChI is InChI=1S/C33H35N5O/c39-32(27-8-4-10-28-26(27)9-5-17-34-28)37-30-20-33(30)15-11-23(12-16-33)13-18-38-19-14-25-21-35-31(36-29(25)22-38)24-6-2-1-3-7-24/h1-10,17,21,23,30H,11-16,18-20,22H2,(H,37,39). The first-order valence-electron chi connectivity index (χ1n) is 14.4. The van der Waals surface area contributed by atoms with Crippen LogP contribution in [0.15, 0.2) is 73.1 Å². The highest BCUT2D eigenvalue weighted by Gasteiger charge is 2.55. The summed E-state index contributed by atoms with van der Waals surface area (Å²) < 4.78 is 0. The predicted octanol–water partition coefficient (Wildman–Crippen LogP) is 5.82. The number of rotatable bonds is 6. The Labute approximate surface area is 229 Å². The smallest absolute Gasteiger partial charge is 0.252 e. The summed E-state index contributed by atoms with van der Waals surface area (Å²) >= 11 is 0. The number of carbonyl (C=O) groups is 1. The van der Waals surface area contributed by atoms with Crippen LogP contribution < -0.4 is 5.32 Å². The normalized spacial score (nSPS) is 24.4. The summed E-state index contributed by atoms with van der Waals surface area (Å²) in [6.45, 7) is 3.15. The molecule has 39 heavy (non-hydrogen) atoms. The van der Waals surface area contributed by atoms with E-state index in [1.807, 2.05) is 54.7 Å². The van der Waals surface area contributed by atoms with Crippen LogP contribution in [0.3, 0.4) is 0 Å². The first kappa shape index (κ1) is 24.4. The fourth-order valence-corrected chi connectivity index (χ4v) is 6.82. The van der Waals surface area contributed by atoms with Gasteiger partial charge in [-0.2, -0.15) is 0 Å². The molecule has 198 valence electrons. The molecule has 1 atom stereocenters. The molecule has 1 amide bonds. The van der Waals surface area contributed by atoms with Crippen molar-refractivity contribution in [1.82, 2.24) is 25.2 Å². The second-order valence-corrected chi connectivity index (χ2v) is 11.8. The molecular weight excluding hydrogens is 482 g/mol. The molecule has 0 bridgehead atoms. The fourth-order valence-electron chi connectivity index (χ4n) is 6.82. The summed E-state index contributed by atoms with van der Waals surface area (Å²) in [5.74, 6) is 1.66. The molecule has 2 fully saturated rings. The Morgan fingerprint density at radius 1 is 1.00 bits per heavy atom. The van der Waals surface area contributed by atoms with Crippen LogP contribution in [0.5, 0.6) is 0 Å². The van der Waals surface area contributed by atoms with Gasteiger partial charge in [-0.25, -0.2) is 9.97 Å². The largest absolute Gasteiger partial charge is 0.349 e. The predicted molar refractivity (Wildman–Crippen MR) is 153 cm³/mol. The maximum atomic E-state index is 13.1. The van der Waals surface area contributed by atoms with Crippen molar-refractivity contribution in [3.05, 3.63) is 89.9 Å². The van der Waals surface area contributed by atoms with Crippen LogP contribution in [0.2, 0.25) is 0 Å². The molecule has 4 aromatic rings. The van der Waals surface area contributed by atoms with Gasteiger partial charge in [0.05, 0.1) is 11.2 Å². The topological polar surface area (TPSA) is 71.0 Å². The maximum Gasteiger partial charge on any atom is 0.252 e. The molecule has 2 aliphatic carbocycles. The molecule has 1 unspecified atom stereocenters. The van der Waals surface area contributed by atoms with Crippen molar-refractivity contribution in [1.29, 1.82) is 0 Å². The Hall–Kier alpha value is -3.64. The van der Waals surface area contributed by atoms with Gasteiger partial charge in [-0.1, -0.05) is 42.5 Å². The summed E-state index contributed by atoms with van der Waals surface area (Å²) in [6, 6.07) is 20.3. The lowest BCUT2D eigenvalue weighted by molar-refractivity contribution is 0.0940. The fraction of sp³-hybridized carbons (Fsp3) is 0.394. The minimum Gasteiger partial charge on any atom is -0.349 e. The molecule has 6 nitrogen and oxygen atoms in total. The Morgan fingerprint density at radius 3 is 2.74 bits per heavy atom. The highest BCUT2D eigenvalue weighted by Crippen LogP contribution is 2.57. The van der Waals surface area contributed by atoms with Crippen LogP contribution >= 0.6 is 0 Å². The zero-order chi connectivity index (χ0) is 26.2. The van der Waals surface area contributed by atoms with E-state index < -0.39 is 0 Å². The number of aromatic nitrogens is 3. The van der Waals surface area contributed by atoms with Crippen LogP contribution in [0.4, 0.5) is 0 Å². The number of nitrogens with zero attached hydrogens (tertiary/aromatic N) is 4. The van der Waals surface area contributed by atoms with Gasteiger partial charge in [0, 0.05) is 48.0 Å². The Morgan fingerprint density at radius 2 is 1.87 bits per heavy atom. The first-order valence-corrected chi connectivity index (χ1v) is 14.4. The third kappa shape index (κ3) is 4.94. The Balaban J connectivity index is 0.904. The third-order valence-corrected chi connectivity index (χ3v) is 9.40. The van der Waals surface area contributed by atoms with Crippen LogP contribution in [0, 0.1) is 11.3 Å². The second kappa shape index (κ2) is 10.2. The zero-order valence-electron chi connectivity index (χ0n) is 22.4. The van der Waals surface area contributed by atoms with E-state index in [1.165, 1.54) is 43.4 Å². The van der Waals surface area contributed by atoms with Gasteiger partial charge in [0.2, 0.25) is 0 Å². The van der Waals surface area contributed by atoms with E-state index in [9.17, 15) is 4.79 Å². The lowest BCUT2D eigenvalue weighted by Gasteiger charge is -2.33. The van der Waals surface area contributed by atoms with Gasteiger partial charge in [-0.05, 0) is 86.6 Å². The quantitative estimate of drug-likeness (QED) is 0.349. The van der Waals surface area contributed by atoms with Gasteiger partial charge in [0.1, 0.15) is 0 Å². The van der Waals surface area contributed by atoms with E-state index >= 15 is 0 Å². The highest BCUT2D eigenvalue weighted by molar-refractivity contribution is 6.06. The number of nitrogens with one attached hydrogen (secondary N) is 1. The van der Waals surface area contributed by atoms with Crippen molar-refractivity contribution in [3.8, 4) is 11.4 Å². The summed E-state index contributed by atoms with van der Waals surface area (Å²) in [6.07, 6.45) is 12.2. The highest BCUT2D eigenvalue weighted by atomic mass is 16.1. The number of carbonyl (C=O) groups excluding carboxylic acids is 1. The number of hydrogen-bond donors (Lipinski definition) is 1. The number of hydrogen-bond acceptors (Lipinski definition) is 5. The second-order valence-electron chi connectivity index (χ2n) is 11.8. The minimum absolute atomic E-state index is 0.0437. The first-order chi connectivity index (χ1) is 19.2. The molecule has 1 spiro atoms. The number of benzene rings is 2. The van der Waals surface area contributed by atoms with Gasteiger partial charge in [-0.15, -0.1) is 0 Å². The molecule has 0 saturated heterocycles. The summed E-state index contributed by atoms with van der Waals surface area (Å²) in [5, 5.41) is 4.29. The van der Waals surface area contributed by atoms with Gasteiger partial charge in [0.15, 0.2) is 5.82 Å². The number of fused-ring (bicyclic) bond motifs is 2. The lowest BCUT2D eigenvalue weighted by Crippen LogP contribution is -2.34. The average Bonchev–Trinajstić information content (AvgIpc) is 3.66. The van der Waals surface area contributed by atoms with Gasteiger partial charge in [-0.3, -0.25) is 14.7 Å². The Kier molecular flexibility index (Phi) is 6.36.